The summed E-state index contributed by atoms with van der Waals surface area (Å²) in [5.41, 5.74) is 0. The van der Waals surface area contributed by atoms with Crippen molar-refractivity contribution < 1.29 is 9.90 Å². The Bertz CT molecular complexity index is 124. The summed E-state index contributed by atoms with van der Waals surface area (Å²) in [5, 5.41) is 8.53. The Hall–Kier alpha value is -0.465. The summed E-state index contributed by atoms with van der Waals surface area (Å²) in [4.78, 5) is 10.3. The molecule has 0 spiro atoms. The Kier molecular flexibility index (Phi) is 1.79. The zero-order chi connectivity index (χ0) is 6.85. The van der Waals surface area contributed by atoms with Gasteiger partial charge in [0.1, 0.15) is 7.85 Å². The summed E-state index contributed by atoms with van der Waals surface area (Å²) in [6.07, 6.45) is 2.86. The van der Waals surface area contributed by atoms with E-state index in [4.69, 9.17) is 5.11 Å². The fraction of sp³-hybridized carbons (Fsp3) is 0.833. The minimum Gasteiger partial charge on any atom is -0.481 e. The van der Waals surface area contributed by atoms with Gasteiger partial charge in [0.15, 0.2) is 0 Å². The van der Waals surface area contributed by atoms with E-state index in [1.807, 2.05) is 0 Å². The second-order valence-corrected chi connectivity index (χ2v) is 2.95. The second kappa shape index (κ2) is 2.42. The van der Waals surface area contributed by atoms with Gasteiger partial charge in [-0.15, -0.1) is 0 Å². The molecule has 0 saturated heterocycles. The highest BCUT2D eigenvalue weighted by Gasteiger charge is 2.26. The highest BCUT2D eigenvalue weighted by Crippen LogP contribution is 2.32. The molecule has 0 aliphatic heterocycles. The summed E-state index contributed by atoms with van der Waals surface area (Å²) in [5.74, 6) is -0.0227. The first kappa shape index (κ1) is 6.65. The molecule has 1 aliphatic carbocycles. The van der Waals surface area contributed by atoms with Crippen molar-refractivity contribution in [3.05, 3.63) is 0 Å². The van der Waals surface area contributed by atoms with Crippen LogP contribution in [0.5, 0.6) is 0 Å². The largest absolute Gasteiger partial charge is 0.481 e. The van der Waals surface area contributed by atoms with Crippen LogP contribution in [-0.4, -0.2) is 18.9 Å². The third-order valence-corrected chi connectivity index (χ3v) is 2.04. The SMILES string of the molecule is BC1CCC(C(=O)O)C1. The molecule has 2 atom stereocenters. The number of aliphatic carboxylic acids is 1. The van der Waals surface area contributed by atoms with Crippen LogP contribution in [0.4, 0.5) is 0 Å². The van der Waals surface area contributed by atoms with Crippen molar-refractivity contribution in [3.63, 3.8) is 0 Å². The van der Waals surface area contributed by atoms with Gasteiger partial charge in [-0.2, -0.15) is 0 Å². The fourth-order valence-corrected chi connectivity index (χ4v) is 1.43. The Morgan fingerprint density at radius 2 is 2.22 bits per heavy atom. The van der Waals surface area contributed by atoms with E-state index < -0.39 is 5.97 Å². The molecule has 1 fully saturated rings. The molecule has 0 aromatic heterocycles. The van der Waals surface area contributed by atoms with E-state index in [9.17, 15) is 4.79 Å². The maximum atomic E-state index is 10.3. The number of carboxylic acids is 1. The Labute approximate surface area is 55.7 Å². The van der Waals surface area contributed by atoms with E-state index in [1.54, 1.807) is 0 Å². The van der Waals surface area contributed by atoms with Gasteiger partial charge < -0.3 is 5.11 Å². The average molecular weight is 126 g/mol. The van der Waals surface area contributed by atoms with E-state index in [0.717, 1.165) is 19.3 Å². The molecule has 0 aromatic rings. The van der Waals surface area contributed by atoms with Crippen LogP contribution in [0.2, 0.25) is 5.82 Å². The molecule has 9 heavy (non-hydrogen) atoms. The molecule has 1 aliphatic rings. The van der Waals surface area contributed by atoms with Gasteiger partial charge in [0, 0.05) is 0 Å². The van der Waals surface area contributed by atoms with Gasteiger partial charge in [0.25, 0.3) is 0 Å². The van der Waals surface area contributed by atoms with Crippen LogP contribution < -0.4 is 0 Å². The predicted octanol–water partition coefficient (Wildman–Crippen LogP) is 0.293. The van der Waals surface area contributed by atoms with Crippen molar-refractivity contribution in [1.82, 2.24) is 0 Å². The normalized spacial score (nSPS) is 34.7. The van der Waals surface area contributed by atoms with Gasteiger partial charge in [-0.25, -0.2) is 0 Å². The summed E-state index contributed by atoms with van der Waals surface area (Å²) in [6, 6.07) is 0. The van der Waals surface area contributed by atoms with E-state index in [2.05, 4.69) is 7.85 Å². The zero-order valence-electron chi connectivity index (χ0n) is 5.63. The minimum absolute atomic E-state index is 0.0417. The molecule has 0 heterocycles. The van der Waals surface area contributed by atoms with Crippen molar-refractivity contribution in [2.45, 2.75) is 25.1 Å². The smallest absolute Gasteiger partial charge is 0.306 e. The molecule has 1 saturated carbocycles. The van der Waals surface area contributed by atoms with Crippen LogP contribution in [0.1, 0.15) is 19.3 Å². The van der Waals surface area contributed by atoms with Crippen LogP contribution in [0.3, 0.4) is 0 Å². The lowest BCUT2D eigenvalue weighted by atomic mass is 9.85. The van der Waals surface area contributed by atoms with Gasteiger partial charge in [0.2, 0.25) is 0 Å². The van der Waals surface area contributed by atoms with Gasteiger partial charge in [-0.05, 0) is 12.8 Å². The highest BCUT2D eigenvalue weighted by atomic mass is 16.4. The molecule has 3 heteroatoms. The number of hydrogen-bond acceptors (Lipinski definition) is 1. The molecule has 0 bridgehead atoms. The molecule has 0 aromatic carbocycles. The molecule has 50 valence electrons. The molecular weight excluding hydrogens is 115 g/mol. The Morgan fingerprint density at radius 3 is 2.44 bits per heavy atom. The standard InChI is InChI=1S/C6H11BO2/c7-5-2-1-4(3-5)6(8)9/h4-5H,1-3,7H2,(H,8,9). The highest BCUT2D eigenvalue weighted by molar-refractivity contribution is 6.12. The third kappa shape index (κ3) is 1.47. The number of carboxylic acid groups (broad SMARTS) is 1. The summed E-state index contributed by atoms with van der Waals surface area (Å²) >= 11 is 0. The van der Waals surface area contributed by atoms with Crippen LogP contribution in [0.15, 0.2) is 0 Å². The van der Waals surface area contributed by atoms with Gasteiger partial charge in [0.05, 0.1) is 5.92 Å². The van der Waals surface area contributed by atoms with Crippen molar-refractivity contribution in [1.29, 1.82) is 0 Å². The number of rotatable bonds is 1. The van der Waals surface area contributed by atoms with Crippen molar-refractivity contribution in [2.75, 3.05) is 0 Å². The average Bonchev–Trinajstić information content (AvgIpc) is 2.14. The molecule has 2 unspecified atom stereocenters. The third-order valence-electron chi connectivity index (χ3n) is 2.04. The first-order valence-electron chi connectivity index (χ1n) is 3.43. The minimum atomic E-state index is -0.612. The lowest BCUT2D eigenvalue weighted by molar-refractivity contribution is -0.141. The topological polar surface area (TPSA) is 37.3 Å². The molecule has 0 amide bonds. The van der Waals surface area contributed by atoms with Crippen molar-refractivity contribution >= 4 is 13.8 Å². The molecule has 1 rings (SSSR count). The lowest BCUT2D eigenvalue weighted by Crippen LogP contribution is -2.08. The maximum absolute atomic E-state index is 10.3. The van der Waals surface area contributed by atoms with Gasteiger partial charge in [-0.3, -0.25) is 4.79 Å². The lowest BCUT2D eigenvalue weighted by Gasteiger charge is -1.99. The van der Waals surface area contributed by atoms with Crippen LogP contribution in [-0.2, 0) is 4.79 Å². The van der Waals surface area contributed by atoms with Gasteiger partial charge in [-0.1, -0.05) is 12.2 Å². The van der Waals surface area contributed by atoms with Gasteiger partial charge >= 0.3 is 5.97 Å². The van der Waals surface area contributed by atoms with Crippen molar-refractivity contribution in [3.8, 4) is 0 Å². The molecular formula is C6H11BO2. The monoisotopic (exact) mass is 126 g/mol. The number of hydrogen-bond donors (Lipinski definition) is 1. The Balaban J connectivity index is 2.39. The fourth-order valence-electron chi connectivity index (χ4n) is 1.43. The summed E-state index contributed by atoms with van der Waals surface area (Å²) < 4.78 is 0. The van der Waals surface area contributed by atoms with Crippen LogP contribution in [0, 0.1) is 5.92 Å². The van der Waals surface area contributed by atoms with E-state index >= 15 is 0 Å². The van der Waals surface area contributed by atoms with E-state index in [-0.39, 0.29) is 5.92 Å². The summed E-state index contributed by atoms with van der Waals surface area (Å²) in [6.45, 7) is 0. The van der Waals surface area contributed by atoms with Crippen LogP contribution >= 0.6 is 0 Å². The molecule has 1 N–H and O–H groups in total. The second-order valence-electron chi connectivity index (χ2n) is 2.95. The predicted molar refractivity (Wildman–Crippen MR) is 37.3 cm³/mol. The van der Waals surface area contributed by atoms with E-state index in [1.165, 1.54) is 0 Å². The molecule has 2 nitrogen and oxygen atoms in total. The van der Waals surface area contributed by atoms with Crippen LogP contribution in [0.25, 0.3) is 0 Å². The quantitative estimate of drug-likeness (QED) is 0.512. The maximum Gasteiger partial charge on any atom is 0.306 e. The number of carbonyl (C=O) groups is 1. The first-order chi connectivity index (χ1) is 4.20. The zero-order valence-corrected chi connectivity index (χ0v) is 5.63. The summed E-state index contributed by atoms with van der Waals surface area (Å²) in [7, 11) is 2.11. The van der Waals surface area contributed by atoms with E-state index in [0.29, 0.717) is 5.82 Å². The Morgan fingerprint density at radius 1 is 1.56 bits per heavy atom. The molecule has 0 radical (unpaired) electrons. The van der Waals surface area contributed by atoms with Crippen molar-refractivity contribution in [2.24, 2.45) is 5.92 Å². The first-order valence-corrected chi connectivity index (χ1v) is 3.43.